The average Bonchev–Trinajstić information content (AvgIpc) is 3.31. The zero-order chi connectivity index (χ0) is 20.9. The number of carbonyl (C=O) groups excluding carboxylic acids is 1. The Hall–Kier alpha value is -2.53. The van der Waals surface area contributed by atoms with E-state index in [0.29, 0.717) is 18.1 Å². The number of imidazole rings is 1. The summed E-state index contributed by atoms with van der Waals surface area (Å²) in [5, 5.41) is 0.705. The highest BCUT2D eigenvalue weighted by molar-refractivity contribution is 6.30. The Balaban J connectivity index is 1.46. The molecule has 2 aromatic carbocycles. The van der Waals surface area contributed by atoms with E-state index < -0.39 is 0 Å². The smallest absolute Gasteiger partial charge is 0.223 e. The molecular weight excluding hydrogens is 398 g/mol. The molecule has 30 heavy (non-hydrogen) atoms. The van der Waals surface area contributed by atoms with Crippen LogP contribution >= 0.6 is 11.6 Å². The van der Waals surface area contributed by atoms with Crippen molar-refractivity contribution >= 4 is 28.5 Å². The first-order valence-corrected chi connectivity index (χ1v) is 11.1. The van der Waals surface area contributed by atoms with Crippen molar-refractivity contribution < 1.29 is 9.53 Å². The molecule has 5 nitrogen and oxygen atoms in total. The summed E-state index contributed by atoms with van der Waals surface area (Å²) in [7, 11) is 0. The van der Waals surface area contributed by atoms with Crippen LogP contribution in [-0.4, -0.2) is 40.1 Å². The van der Waals surface area contributed by atoms with Crippen LogP contribution in [0.1, 0.15) is 44.3 Å². The van der Waals surface area contributed by atoms with Crippen molar-refractivity contribution in [1.29, 1.82) is 0 Å². The lowest BCUT2D eigenvalue weighted by atomic mass is 10.1. The van der Waals surface area contributed by atoms with E-state index in [0.717, 1.165) is 61.5 Å². The predicted octanol–water partition coefficient (Wildman–Crippen LogP) is 5.27. The molecule has 1 saturated heterocycles. The summed E-state index contributed by atoms with van der Waals surface area (Å²) in [6, 6.07) is 15.6. The van der Waals surface area contributed by atoms with Gasteiger partial charge < -0.3 is 14.2 Å². The molecule has 1 aliphatic heterocycles. The third-order valence-electron chi connectivity index (χ3n) is 5.65. The molecule has 1 fully saturated rings. The van der Waals surface area contributed by atoms with Gasteiger partial charge in [-0.3, -0.25) is 4.79 Å². The normalized spacial score (nSPS) is 16.5. The van der Waals surface area contributed by atoms with E-state index >= 15 is 0 Å². The number of halogens is 1. The molecule has 0 N–H and O–H groups in total. The van der Waals surface area contributed by atoms with Crippen molar-refractivity contribution in [1.82, 2.24) is 14.5 Å². The number of likely N-dealkylation sites (tertiary alicyclic amines) is 1. The van der Waals surface area contributed by atoms with Crippen LogP contribution in [0.5, 0.6) is 5.75 Å². The summed E-state index contributed by atoms with van der Waals surface area (Å²) in [5.74, 6) is 2.25. The molecule has 1 atom stereocenters. The number of hydrogen-bond acceptors (Lipinski definition) is 3. The predicted molar refractivity (Wildman–Crippen MR) is 120 cm³/mol. The Kier molecular flexibility index (Phi) is 6.58. The number of amides is 1. The number of fused-ring (bicyclic) bond motifs is 1. The number of unbranched alkanes of at least 4 members (excludes halogenated alkanes) is 1. The zero-order valence-electron chi connectivity index (χ0n) is 17.4. The van der Waals surface area contributed by atoms with Crippen molar-refractivity contribution in [2.45, 2.75) is 45.1 Å². The maximum atomic E-state index is 12.5. The fraction of sp³-hybridized carbons (Fsp3) is 0.417. The van der Waals surface area contributed by atoms with Crippen LogP contribution in [0.4, 0.5) is 0 Å². The molecule has 2 heterocycles. The van der Waals surface area contributed by atoms with Gasteiger partial charge in [0, 0.05) is 37.0 Å². The maximum Gasteiger partial charge on any atom is 0.223 e. The van der Waals surface area contributed by atoms with Crippen molar-refractivity contribution in [2.75, 3.05) is 19.7 Å². The molecule has 1 amide bonds. The largest absolute Gasteiger partial charge is 0.494 e. The molecule has 0 spiro atoms. The molecule has 1 aliphatic rings. The molecule has 1 aromatic heterocycles. The van der Waals surface area contributed by atoms with Gasteiger partial charge in [0.05, 0.1) is 17.6 Å². The lowest BCUT2D eigenvalue weighted by molar-refractivity contribution is -0.127. The zero-order valence-corrected chi connectivity index (χ0v) is 18.1. The number of aryl methyl sites for hydroxylation is 1. The fourth-order valence-electron chi connectivity index (χ4n) is 4.09. The molecular formula is C24H28ClN3O2. The highest BCUT2D eigenvalue weighted by Gasteiger charge is 2.33. The van der Waals surface area contributed by atoms with Gasteiger partial charge in [-0.15, -0.1) is 0 Å². The van der Waals surface area contributed by atoms with E-state index in [1.165, 1.54) is 0 Å². The summed E-state index contributed by atoms with van der Waals surface area (Å²) in [6.07, 6.45) is 3.56. The van der Waals surface area contributed by atoms with Crippen molar-refractivity contribution in [2.24, 2.45) is 0 Å². The molecule has 6 heteroatoms. The molecule has 0 bridgehead atoms. The standard InChI is InChI=1S/C24H28ClN3O2/c1-2-3-13-27-17-18(16-23(27)29)24-26-21-7-4-5-8-22(21)28(24)14-6-15-30-20-11-9-19(25)10-12-20/h4-5,7-12,18H,2-3,6,13-17H2,1H3. The summed E-state index contributed by atoms with van der Waals surface area (Å²) in [6.45, 7) is 5.19. The van der Waals surface area contributed by atoms with Gasteiger partial charge in [0.2, 0.25) is 5.91 Å². The number of ether oxygens (including phenoxy) is 1. The lowest BCUT2D eigenvalue weighted by Gasteiger charge is -2.17. The second-order valence-electron chi connectivity index (χ2n) is 7.86. The van der Waals surface area contributed by atoms with E-state index in [1.807, 2.05) is 47.4 Å². The van der Waals surface area contributed by atoms with Gasteiger partial charge in [0.15, 0.2) is 0 Å². The van der Waals surface area contributed by atoms with Crippen LogP contribution in [0.25, 0.3) is 11.0 Å². The van der Waals surface area contributed by atoms with Gasteiger partial charge in [-0.05, 0) is 49.2 Å². The number of para-hydroxylation sites is 2. The third kappa shape index (κ3) is 4.62. The van der Waals surface area contributed by atoms with Crippen LogP contribution < -0.4 is 4.74 Å². The summed E-state index contributed by atoms with van der Waals surface area (Å²) < 4.78 is 8.14. The number of nitrogens with zero attached hydrogens (tertiary/aromatic N) is 3. The minimum atomic E-state index is 0.152. The number of hydrogen-bond donors (Lipinski definition) is 0. The number of carbonyl (C=O) groups is 1. The van der Waals surface area contributed by atoms with Crippen LogP contribution in [0.3, 0.4) is 0 Å². The molecule has 0 saturated carbocycles. The van der Waals surface area contributed by atoms with Crippen molar-refractivity contribution in [3.63, 3.8) is 0 Å². The Morgan fingerprint density at radius 3 is 2.70 bits per heavy atom. The molecule has 158 valence electrons. The average molecular weight is 426 g/mol. The SMILES string of the molecule is CCCCN1CC(c2nc3ccccc3n2CCCOc2ccc(Cl)cc2)CC1=O. The Morgan fingerprint density at radius 2 is 1.90 bits per heavy atom. The van der Waals surface area contributed by atoms with Gasteiger partial charge in [0.1, 0.15) is 11.6 Å². The molecule has 3 aromatic rings. The minimum absolute atomic E-state index is 0.152. The van der Waals surface area contributed by atoms with Gasteiger partial charge in [-0.1, -0.05) is 37.1 Å². The Labute approximate surface area is 182 Å². The first-order valence-electron chi connectivity index (χ1n) is 10.8. The number of aromatic nitrogens is 2. The number of rotatable bonds is 9. The first kappa shape index (κ1) is 20.7. The molecule has 4 rings (SSSR count). The molecule has 1 unspecified atom stereocenters. The van der Waals surface area contributed by atoms with E-state index in [9.17, 15) is 4.79 Å². The summed E-state index contributed by atoms with van der Waals surface area (Å²) in [5.41, 5.74) is 2.11. The Bertz CT molecular complexity index is 999. The third-order valence-corrected chi connectivity index (χ3v) is 5.91. The van der Waals surface area contributed by atoms with Gasteiger partial charge in [-0.2, -0.15) is 0 Å². The second kappa shape index (κ2) is 9.52. The van der Waals surface area contributed by atoms with Crippen LogP contribution in [-0.2, 0) is 11.3 Å². The van der Waals surface area contributed by atoms with E-state index in [2.05, 4.69) is 17.6 Å². The van der Waals surface area contributed by atoms with Gasteiger partial charge in [0.25, 0.3) is 0 Å². The maximum absolute atomic E-state index is 12.5. The van der Waals surface area contributed by atoms with E-state index in [-0.39, 0.29) is 11.8 Å². The second-order valence-corrected chi connectivity index (χ2v) is 8.30. The highest BCUT2D eigenvalue weighted by Crippen LogP contribution is 2.30. The van der Waals surface area contributed by atoms with Crippen molar-refractivity contribution in [3.8, 4) is 5.75 Å². The molecule has 0 radical (unpaired) electrons. The Morgan fingerprint density at radius 1 is 1.10 bits per heavy atom. The fourth-order valence-corrected chi connectivity index (χ4v) is 4.22. The van der Waals surface area contributed by atoms with Crippen LogP contribution in [0.15, 0.2) is 48.5 Å². The summed E-state index contributed by atoms with van der Waals surface area (Å²) in [4.78, 5) is 19.4. The number of benzene rings is 2. The topological polar surface area (TPSA) is 47.4 Å². The summed E-state index contributed by atoms with van der Waals surface area (Å²) >= 11 is 5.93. The van der Waals surface area contributed by atoms with Gasteiger partial charge >= 0.3 is 0 Å². The van der Waals surface area contributed by atoms with E-state index in [4.69, 9.17) is 21.3 Å². The lowest BCUT2D eigenvalue weighted by Crippen LogP contribution is -2.26. The van der Waals surface area contributed by atoms with Gasteiger partial charge in [-0.25, -0.2) is 4.98 Å². The van der Waals surface area contributed by atoms with Crippen molar-refractivity contribution in [3.05, 3.63) is 59.4 Å². The van der Waals surface area contributed by atoms with Crippen LogP contribution in [0.2, 0.25) is 5.02 Å². The first-order chi connectivity index (χ1) is 14.7. The van der Waals surface area contributed by atoms with E-state index in [1.54, 1.807) is 0 Å². The minimum Gasteiger partial charge on any atom is -0.494 e. The van der Waals surface area contributed by atoms with Crippen LogP contribution in [0, 0.1) is 0 Å². The highest BCUT2D eigenvalue weighted by atomic mass is 35.5. The molecule has 0 aliphatic carbocycles. The quantitative estimate of drug-likeness (QED) is 0.438. The monoisotopic (exact) mass is 425 g/mol.